The van der Waals surface area contributed by atoms with E-state index in [1.807, 2.05) is 47.7 Å². The Morgan fingerprint density at radius 3 is 2.39 bits per heavy atom. The van der Waals surface area contributed by atoms with Crippen molar-refractivity contribution in [3.05, 3.63) is 64.9 Å². The van der Waals surface area contributed by atoms with Gasteiger partial charge in [0.25, 0.3) is 5.91 Å². The quantitative estimate of drug-likeness (QED) is 0.647. The lowest BCUT2D eigenvalue weighted by Gasteiger charge is -2.35. The molecule has 2 aromatic heterocycles. The van der Waals surface area contributed by atoms with Crippen molar-refractivity contribution in [2.75, 3.05) is 31.1 Å². The molecule has 1 aliphatic heterocycles. The Labute approximate surface area is 183 Å². The van der Waals surface area contributed by atoms with Crippen LogP contribution in [0, 0.1) is 20.8 Å². The molecule has 0 radical (unpaired) electrons. The van der Waals surface area contributed by atoms with Crippen molar-refractivity contribution in [1.29, 1.82) is 0 Å². The van der Waals surface area contributed by atoms with Gasteiger partial charge in [-0.25, -0.2) is 14.6 Å². The first kappa shape index (κ1) is 21.0. The van der Waals surface area contributed by atoms with Crippen LogP contribution < -0.4 is 4.90 Å². The molecule has 4 rings (SSSR count). The largest absolute Gasteiger partial charge is 0.353 e. The molecule has 1 aromatic carbocycles. The van der Waals surface area contributed by atoms with Gasteiger partial charge in [-0.1, -0.05) is 32.0 Å². The summed E-state index contributed by atoms with van der Waals surface area (Å²) in [5.41, 5.74) is 4.64. The Hall–Kier alpha value is -3.22. The summed E-state index contributed by atoms with van der Waals surface area (Å²) in [6.45, 7) is 13.1. The van der Waals surface area contributed by atoms with E-state index in [1.54, 1.807) is 6.20 Å². The number of nitrogens with zero attached hydrogens (tertiary/aromatic N) is 6. The van der Waals surface area contributed by atoms with Crippen molar-refractivity contribution >= 4 is 11.7 Å². The molecule has 1 saturated heterocycles. The number of para-hydroxylation sites is 1. The maximum atomic E-state index is 13.2. The van der Waals surface area contributed by atoms with Gasteiger partial charge in [0.05, 0.1) is 23.1 Å². The van der Waals surface area contributed by atoms with Gasteiger partial charge in [0.1, 0.15) is 11.6 Å². The molecule has 0 atom stereocenters. The minimum atomic E-state index is 0.0405. The van der Waals surface area contributed by atoms with Gasteiger partial charge in [-0.3, -0.25) is 4.79 Å². The highest BCUT2D eigenvalue weighted by atomic mass is 16.2. The second-order valence-corrected chi connectivity index (χ2v) is 8.50. The zero-order valence-electron chi connectivity index (χ0n) is 19.0. The predicted octanol–water partition coefficient (Wildman–Crippen LogP) is 3.67. The van der Waals surface area contributed by atoms with Crippen LogP contribution in [0.4, 0.5) is 5.82 Å². The van der Waals surface area contributed by atoms with Crippen LogP contribution >= 0.6 is 0 Å². The zero-order chi connectivity index (χ0) is 22.1. The summed E-state index contributed by atoms with van der Waals surface area (Å²) < 4.78 is 1.86. The molecule has 0 spiro atoms. The van der Waals surface area contributed by atoms with E-state index in [9.17, 15) is 4.79 Å². The van der Waals surface area contributed by atoms with Crippen LogP contribution in [0.25, 0.3) is 5.69 Å². The third-order valence-electron chi connectivity index (χ3n) is 5.85. The number of aromatic nitrogens is 4. The highest BCUT2D eigenvalue weighted by Gasteiger charge is 2.26. The monoisotopic (exact) mass is 418 g/mol. The molecule has 3 aromatic rings. The van der Waals surface area contributed by atoms with Crippen molar-refractivity contribution in [3.63, 3.8) is 0 Å². The summed E-state index contributed by atoms with van der Waals surface area (Å²) >= 11 is 0. The first-order valence-corrected chi connectivity index (χ1v) is 10.9. The lowest BCUT2D eigenvalue weighted by atomic mass is 10.1. The van der Waals surface area contributed by atoms with Crippen molar-refractivity contribution in [2.24, 2.45) is 0 Å². The summed E-state index contributed by atoms with van der Waals surface area (Å²) in [5, 5.41) is 4.50. The molecule has 0 N–H and O–H groups in total. The van der Waals surface area contributed by atoms with Crippen LogP contribution in [-0.2, 0) is 0 Å². The molecule has 162 valence electrons. The fourth-order valence-corrected chi connectivity index (χ4v) is 3.97. The van der Waals surface area contributed by atoms with Crippen LogP contribution in [0.5, 0.6) is 0 Å². The number of benzene rings is 1. The molecule has 0 aliphatic carbocycles. The number of amides is 1. The molecule has 0 unspecified atom stereocenters. The molecule has 1 aliphatic rings. The van der Waals surface area contributed by atoms with Gasteiger partial charge >= 0.3 is 0 Å². The van der Waals surface area contributed by atoms with Gasteiger partial charge < -0.3 is 9.80 Å². The molecule has 7 nitrogen and oxygen atoms in total. The first-order valence-electron chi connectivity index (χ1n) is 10.9. The van der Waals surface area contributed by atoms with Crippen LogP contribution in [0.15, 0.2) is 36.5 Å². The normalized spacial score (nSPS) is 14.4. The molecule has 3 heterocycles. The summed E-state index contributed by atoms with van der Waals surface area (Å²) in [5.74, 6) is 2.15. The number of piperazine rings is 1. The Bertz CT molecular complexity index is 1100. The molecule has 31 heavy (non-hydrogen) atoms. The second kappa shape index (κ2) is 8.49. The molecule has 7 heteroatoms. The highest BCUT2D eigenvalue weighted by molar-refractivity contribution is 5.95. The van der Waals surface area contributed by atoms with Crippen LogP contribution in [0.3, 0.4) is 0 Å². The van der Waals surface area contributed by atoms with Crippen LogP contribution in [0.1, 0.15) is 52.9 Å². The molecule has 1 fully saturated rings. The van der Waals surface area contributed by atoms with Crippen molar-refractivity contribution in [1.82, 2.24) is 24.6 Å². The number of hydrogen-bond acceptors (Lipinski definition) is 5. The highest BCUT2D eigenvalue weighted by Crippen LogP contribution is 2.21. The van der Waals surface area contributed by atoms with Crippen LogP contribution in [0.2, 0.25) is 0 Å². The Morgan fingerprint density at radius 1 is 1.00 bits per heavy atom. The van der Waals surface area contributed by atoms with E-state index in [1.165, 1.54) is 0 Å². The van der Waals surface area contributed by atoms with E-state index in [0.717, 1.165) is 47.4 Å². The molecular formula is C24H30N6O. The smallest absolute Gasteiger partial charge is 0.257 e. The molecule has 0 bridgehead atoms. The summed E-state index contributed by atoms with van der Waals surface area (Å²) in [4.78, 5) is 26.7. The Balaban J connectivity index is 1.48. The zero-order valence-corrected chi connectivity index (χ0v) is 19.0. The second-order valence-electron chi connectivity index (χ2n) is 8.50. The molecule has 1 amide bonds. The number of rotatable bonds is 4. The average molecular weight is 419 g/mol. The molecule has 0 saturated carbocycles. The fourth-order valence-electron chi connectivity index (χ4n) is 3.97. The lowest BCUT2D eigenvalue weighted by Crippen LogP contribution is -2.49. The summed E-state index contributed by atoms with van der Waals surface area (Å²) in [7, 11) is 0. The van der Waals surface area contributed by atoms with E-state index >= 15 is 0 Å². The van der Waals surface area contributed by atoms with Crippen molar-refractivity contribution in [3.8, 4) is 5.69 Å². The van der Waals surface area contributed by atoms with Crippen molar-refractivity contribution in [2.45, 2.75) is 40.5 Å². The number of hydrogen-bond donors (Lipinski definition) is 0. The summed E-state index contributed by atoms with van der Waals surface area (Å²) in [6.07, 6.45) is 1.69. The number of carbonyl (C=O) groups is 1. The predicted molar refractivity (Wildman–Crippen MR) is 122 cm³/mol. The lowest BCUT2D eigenvalue weighted by molar-refractivity contribution is 0.0745. The van der Waals surface area contributed by atoms with Gasteiger partial charge in [0, 0.05) is 43.9 Å². The van der Waals surface area contributed by atoms with Gasteiger partial charge in [0.2, 0.25) is 0 Å². The van der Waals surface area contributed by atoms with Gasteiger partial charge in [-0.05, 0) is 32.4 Å². The number of aryl methyl sites for hydroxylation is 2. The average Bonchev–Trinajstić information content (AvgIpc) is 3.14. The van der Waals surface area contributed by atoms with E-state index in [0.29, 0.717) is 18.7 Å². The van der Waals surface area contributed by atoms with Crippen LogP contribution in [-0.4, -0.2) is 56.7 Å². The van der Waals surface area contributed by atoms with E-state index in [4.69, 9.17) is 4.98 Å². The van der Waals surface area contributed by atoms with E-state index in [-0.39, 0.29) is 11.8 Å². The maximum absolute atomic E-state index is 13.2. The Morgan fingerprint density at radius 2 is 1.71 bits per heavy atom. The van der Waals surface area contributed by atoms with Gasteiger partial charge in [0.15, 0.2) is 0 Å². The van der Waals surface area contributed by atoms with Crippen molar-refractivity contribution < 1.29 is 4.79 Å². The number of anilines is 1. The maximum Gasteiger partial charge on any atom is 0.257 e. The van der Waals surface area contributed by atoms with Gasteiger partial charge in [-0.2, -0.15) is 5.10 Å². The SMILES string of the molecule is Cc1cc(N2CCN(C(=O)c3cnn(-c4ccccc4C)c3C)CC2)nc(C(C)C)n1. The third-order valence-corrected chi connectivity index (χ3v) is 5.85. The standard InChI is InChI=1S/C24H30N6O/c1-16(2)23-26-18(4)14-22(27-23)28-10-12-29(13-11-28)24(31)20-15-25-30(19(20)5)21-9-7-6-8-17(21)3/h6-9,14-16H,10-13H2,1-5H3. The Kier molecular flexibility index (Phi) is 5.76. The number of carbonyl (C=O) groups excluding carboxylic acids is 1. The first-order chi connectivity index (χ1) is 14.8. The van der Waals surface area contributed by atoms with E-state index in [2.05, 4.69) is 41.8 Å². The minimum Gasteiger partial charge on any atom is -0.353 e. The summed E-state index contributed by atoms with van der Waals surface area (Å²) in [6, 6.07) is 10.1. The fraction of sp³-hybridized carbons (Fsp3) is 0.417. The minimum absolute atomic E-state index is 0.0405. The topological polar surface area (TPSA) is 67.2 Å². The van der Waals surface area contributed by atoms with E-state index < -0.39 is 0 Å². The van der Waals surface area contributed by atoms with Gasteiger partial charge in [-0.15, -0.1) is 0 Å². The third kappa shape index (κ3) is 4.17. The molecular weight excluding hydrogens is 388 g/mol.